The molecule has 0 radical (unpaired) electrons. The Morgan fingerprint density at radius 2 is 2.19 bits per heavy atom. The summed E-state index contributed by atoms with van der Waals surface area (Å²) in [5.74, 6) is 1.00. The number of rotatable bonds is 5. The van der Waals surface area contributed by atoms with E-state index in [4.69, 9.17) is 20.4 Å². The number of fused-ring (bicyclic) bond motifs is 1. The third kappa shape index (κ3) is 3.31. The van der Waals surface area contributed by atoms with Gasteiger partial charge in [-0.2, -0.15) is 0 Å². The minimum atomic E-state index is -0.509. The Hall–Kier alpha value is -2.78. The Morgan fingerprint density at radius 1 is 1.31 bits per heavy atom. The normalized spacial score (nSPS) is 11.3. The van der Waals surface area contributed by atoms with E-state index in [0.717, 1.165) is 5.76 Å². The summed E-state index contributed by atoms with van der Waals surface area (Å²) in [6.45, 7) is 0.402. The molecular weight excluding hydrogens is 380 g/mol. The second-order valence-electron chi connectivity index (χ2n) is 5.38. The first-order valence-electron chi connectivity index (χ1n) is 7.47. The van der Waals surface area contributed by atoms with Crippen molar-refractivity contribution in [2.24, 2.45) is 0 Å². The number of thioether (sulfide) groups is 1. The van der Waals surface area contributed by atoms with E-state index in [1.807, 2.05) is 6.07 Å². The lowest BCUT2D eigenvalue weighted by Crippen LogP contribution is -2.04. The predicted octanol–water partition coefficient (Wildman–Crippen LogP) is 3.07. The predicted molar refractivity (Wildman–Crippen MR) is 94.3 cm³/mol. The summed E-state index contributed by atoms with van der Waals surface area (Å²) >= 11 is 7.34. The van der Waals surface area contributed by atoms with Crippen LogP contribution in [0, 0.1) is 0 Å². The van der Waals surface area contributed by atoms with Crippen molar-refractivity contribution in [1.29, 1.82) is 0 Å². The van der Waals surface area contributed by atoms with Crippen LogP contribution in [-0.4, -0.2) is 25.3 Å². The third-order valence-corrected chi connectivity index (χ3v) is 4.95. The van der Waals surface area contributed by atoms with E-state index < -0.39 is 5.63 Å². The van der Waals surface area contributed by atoms with Gasteiger partial charge in [0.15, 0.2) is 0 Å². The second-order valence-corrected chi connectivity index (χ2v) is 6.73. The van der Waals surface area contributed by atoms with Gasteiger partial charge in [0.25, 0.3) is 0 Å². The van der Waals surface area contributed by atoms with Crippen molar-refractivity contribution < 1.29 is 13.9 Å². The first-order valence-corrected chi connectivity index (χ1v) is 8.83. The maximum Gasteiger partial charge on any atom is 0.336 e. The zero-order valence-electron chi connectivity index (χ0n) is 13.1. The third-order valence-electron chi connectivity index (χ3n) is 3.64. The highest BCUT2D eigenvalue weighted by molar-refractivity contribution is 7.98. The summed E-state index contributed by atoms with van der Waals surface area (Å²) in [4.78, 5) is 11.8. The first kappa shape index (κ1) is 16.7. The standard InChI is InChI=1S/C16H11ClN4O4S/c17-12-5-11-9(4-15(23)25-14(11)6-13(12)22)8-26-16-18-19-20-21(16)7-10-2-1-3-24-10/h1-6,22H,7-8H2. The molecule has 0 amide bonds. The van der Waals surface area contributed by atoms with E-state index in [0.29, 0.717) is 28.4 Å². The molecular formula is C16H11ClN4O4S. The van der Waals surface area contributed by atoms with Crippen molar-refractivity contribution in [3.8, 4) is 5.75 Å². The molecule has 4 aromatic rings. The number of aromatic nitrogens is 4. The molecule has 0 saturated heterocycles. The van der Waals surface area contributed by atoms with E-state index in [9.17, 15) is 9.90 Å². The molecule has 132 valence electrons. The maximum atomic E-state index is 11.8. The highest BCUT2D eigenvalue weighted by Gasteiger charge is 2.13. The Balaban J connectivity index is 1.62. The van der Waals surface area contributed by atoms with Crippen LogP contribution in [0.2, 0.25) is 5.02 Å². The number of phenols is 1. The number of nitrogens with zero attached hydrogens (tertiary/aromatic N) is 4. The summed E-state index contributed by atoms with van der Waals surface area (Å²) in [6.07, 6.45) is 1.58. The van der Waals surface area contributed by atoms with Gasteiger partial charge < -0.3 is 13.9 Å². The Labute approximate surface area is 155 Å². The first-order chi connectivity index (χ1) is 12.6. The van der Waals surface area contributed by atoms with Crippen LogP contribution in [0.1, 0.15) is 11.3 Å². The van der Waals surface area contributed by atoms with Gasteiger partial charge in [0.1, 0.15) is 23.6 Å². The quantitative estimate of drug-likeness (QED) is 0.409. The molecule has 0 saturated carbocycles. The van der Waals surface area contributed by atoms with Gasteiger partial charge in [0.2, 0.25) is 5.16 Å². The van der Waals surface area contributed by atoms with Gasteiger partial charge in [0, 0.05) is 23.3 Å². The molecule has 1 aromatic carbocycles. The van der Waals surface area contributed by atoms with Crippen molar-refractivity contribution in [1.82, 2.24) is 20.2 Å². The molecule has 0 unspecified atom stereocenters. The minimum Gasteiger partial charge on any atom is -0.506 e. The molecule has 10 heteroatoms. The average molecular weight is 391 g/mol. The fourth-order valence-electron chi connectivity index (χ4n) is 2.45. The molecule has 0 aliphatic heterocycles. The fraction of sp³-hybridized carbons (Fsp3) is 0.125. The lowest BCUT2D eigenvalue weighted by atomic mass is 10.1. The van der Waals surface area contributed by atoms with Crippen molar-refractivity contribution in [3.05, 3.63) is 63.4 Å². The van der Waals surface area contributed by atoms with E-state index in [1.165, 1.54) is 23.9 Å². The molecule has 26 heavy (non-hydrogen) atoms. The smallest absolute Gasteiger partial charge is 0.336 e. The molecule has 0 bridgehead atoms. The second kappa shape index (κ2) is 6.85. The van der Waals surface area contributed by atoms with Gasteiger partial charge >= 0.3 is 5.63 Å². The number of halogens is 1. The largest absolute Gasteiger partial charge is 0.506 e. The molecule has 3 heterocycles. The lowest BCUT2D eigenvalue weighted by molar-refractivity contribution is 0.462. The number of hydrogen-bond acceptors (Lipinski definition) is 8. The molecule has 0 fully saturated rings. The van der Waals surface area contributed by atoms with E-state index >= 15 is 0 Å². The number of benzene rings is 1. The van der Waals surface area contributed by atoms with Crippen LogP contribution in [0.4, 0.5) is 0 Å². The van der Waals surface area contributed by atoms with Crippen molar-refractivity contribution >= 4 is 34.3 Å². The van der Waals surface area contributed by atoms with Gasteiger partial charge in [-0.15, -0.1) is 5.10 Å². The van der Waals surface area contributed by atoms with E-state index in [1.54, 1.807) is 23.1 Å². The summed E-state index contributed by atoms with van der Waals surface area (Å²) in [6, 6.07) is 7.91. The molecule has 8 nitrogen and oxygen atoms in total. The zero-order valence-corrected chi connectivity index (χ0v) is 14.7. The van der Waals surface area contributed by atoms with Crippen LogP contribution in [0.3, 0.4) is 0 Å². The Morgan fingerprint density at radius 3 is 3.00 bits per heavy atom. The van der Waals surface area contributed by atoms with Crippen LogP contribution in [0.5, 0.6) is 5.75 Å². The van der Waals surface area contributed by atoms with Crippen LogP contribution < -0.4 is 5.63 Å². The molecule has 0 aliphatic rings. The van der Waals surface area contributed by atoms with Crippen LogP contribution in [0.15, 0.2) is 55.4 Å². The molecule has 0 atom stereocenters. The number of tetrazole rings is 1. The SMILES string of the molecule is O=c1cc(CSc2nnnn2Cc2ccco2)c2cc(Cl)c(O)cc2o1. The van der Waals surface area contributed by atoms with Crippen LogP contribution in [0.25, 0.3) is 11.0 Å². The van der Waals surface area contributed by atoms with Gasteiger partial charge in [-0.3, -0.25) is 0 Å². The van der Waals surface area contributed by atoms with Crippen molar-refractivity contribution in [2.45, 2.75) is 17.5 Å². The highest BCUT2D eigenvalue weighted by atomic mass is 35.5. The van der Waals surface area contributed by atoms with Crippen LogP contribution in [-0.2, 0) is 12.3 Å². The molecule has 1 N–H and O–H groups in total. The van der Waals surface area contributed by atoms with E-state index in [-0.39, 0.29) is 16.4 Å². The van der Waals surface area contributed by atoms with Crippen molar-refractivity contribution in [2.75, 3.05) is 0 Å². The molecule has 0 spiro atoms. The van der Waals surface area contributed by atoms with Crippen LogP contribution >= 0.6 is 23.4 Å². The number of hydrogen-bond donors (Lipinski definition) is 1. The monoisotopic (exact) mass is 390 g/mol. The Kier molecular flexibility index (Phi) is 4.39. The van der Waals surface area contributed by atoms with Gasteiger partial charge in [0.05, 0.1) is 11.3 Å². The maximum absolute atomic E-state index is 11.8. The fourth-order valence-corrected chi connectivity index (χ4v) is 3.48. The molecule has 0 aliphatic carbocycles. The Bertz CT molecular complexity index is 1120. The summed E-state index contributed by atoms with van der Waals surface area (Å²) in [7, 11) is 0. The minimum absolute atomic E-state index is 0.144. The van der Waals surface area contributed by atoms with E-state index in [2.05, 4.69) is 15.5 Å². The topological polar surface area (TPSA) is 107 Å². The van der Waals surface area contributed by atoms with Crippen molar-refractivity contribution in [3.63, 3.8) is 0 Å². The number of phenolic OH excluding ortho intramolecular Hbond substituents is 1. The number of furan rings is 1. The summed E-state index contributed by atoms with van der Waals surface area (Å²) in [5, 5.41) is 22.7. The average Bonchev–Trinajstić information content (AvgIpc) is 3.27. The number of aromatic hydroxyl groups is 1. The lowest BCUT2D eigenvalue weighted by Gasteiger charge is -2.07. The van der Waals surface area contributed by atoms with Gasteiger partial charge in [-0.05, 0) is 34.2 Å². The molecule has 3 aromatic heterocycles. The van der Waals surface area contributed by atoms with Gasteiger partial charge in [-0.25, -0.2) is 9.48 Å². The molecule has 4 rings (SSSR count). The summed E-state index contributed by atoms with van der Waals surface area (Å²) < 4.78 is 12.0. The zero-order chi connectivity index (χ0) is 18.1. The van der Waals surface area contributed by atoms with Gasteiger partial charge in [-0.1, -0.05) is 23.4 Å². The summed E-state index contributed by atoms with van der Waals surface area (Å²) in [5.41, 5.74) is 0.464. The highest BCUT2D eigenvalue weighted by Crippen LogP contribution is 2.32.